The van der Waals surface area contributed by atoms with Crippen LogP contribution in [0.1, 0.15) is 39.2 Å². The molecule has 0 aromatic heterocycles. The highest BCUT2D eigenvalue weighted by Gasteiger charge is 2.26. The summed E-state index contributed by atoms with van der Waals surface area (Å²) in [7, 11) is 0. The lowest BCUT2D eigenvalue weighted by molar-refractivity contribution is -0.136. The van der Waals surface area contributed by atoms with Crippen molar-refractivity contribution in [2.24, 2.45) is 0 Å². The predicted octanol–water partition coefficient (Wildman–Crippen LogP) is 4.44. The molecule has 0 spiro atoms. The maximum atomic E-state index is 13.8. The quantitative estimate of drug-likeness (QED) is 0.620. The third-order valence-electron chi connectivity index (χ3n) is 2.68. The zero-order chi connectivity index (χ0) is 16.1. The van der Waals surface area contributed by atoms with E-state index in [1.807, 2.05) is 20.8 Å². The Morgan fingerprint density at radius 1 is 1.14 bits per heavy atom. The first-order valence-electron chi connectivity index (χ1n) is 6.80. The largest absolute Gasteiger partial charge is 0.491 e. The van der Waals surface area contributed by atoms with Crippen molar-refractivity contribution < 1.29 is 22.3 Å². The fraction of sp³-hybridized carbons (Fsp3) is 0.600. The number of rotatable bonds is 6. The molecule has 1 N–H and O–H groups in total. The van der Waals surface area contributed by atoms with Gasteiger partial charge in [0.15, 0.2) is 11.6 Å². The van der Waals surface area contributed by atoms with Crippen LogP contribution in [0.5, 0.6) is 5.75 Å². The van der Waals surface area contributed by atoms with Crippen LogP contribution in [0.15, 0.2) is 18.2 Å². The molecular weight excluding hydrogens is 286 g/mol. The van der Waals surface area contributed by atoms with Crippen molar-refractivity contribution in [1.82, 2.24) is 5.32 Å². The number of benzene rings is 1. The topological polar surface area (TPSA) is 21.3 Å². The number of hydrogen-bond acceptors (Lipinski definition) is 2. The smallest absolute Gasteiger partial charge is 0.389 e. The Morgan fingerprint density at radius 2 is 1.81 bits per heavy atom. The van der Waals surface area contributed by atoms with Gasteiger partial charge < -0.3 is 10.1 Å². The van der Waals surface area contributed by atoms with Crippen molar-refractivity contribution in [3.63, 3.8) is 0 Å². The van der Waals surface area contributed by atoms with Crippen LogP contribution in [0, 0.1) is 5.82 Å². The lowest BCUT2D eigenvalue weighted by Crippen LogP contribution is -2.35. The van der Waals surface area contributed by atoms with Crippen molar-refractivity contribution in [2.75, 3.05) is 6.61 Å². The van der Waals surface area contributed by atoms with Crippen LogP contribution in [0.4, 0.5) is 17.6 Å². The van der Waals surface area contributed by atoms with Gasteiger partial charge in [-0.05, 0) is 44.9 Å². The van der Waals surface area contributed by atoms with Crippen LogP contribution >= 0.6 is 0 Å². The molecule has 6 heteroatoms. The van der Waals surface area contributed by atoms with E-state index in [4.69, 9.17) is 4.74 Å². The molecule has 0 unspecified atom stereocenters. The summed E-state index contributed by atoms with van der Waals surface area (Å²) in [6.45, 7) is 6.36. The highest BCUT2D eigenvalue weighted by molar-refractivity contribution is 5.29. The highest BCUT2D eigenvalue weighted by atomic mass is 19.4. The minimum atomic E-state index is -4.20. The maximum Gasteiger partial charge on any atom is 0.389 e. The Labute approximate surface area is 122 Å². The molecule has 0 heterocycles. The van der Waals surface area contributed by atoms with Gasteiger partial charge in [-0.1, -0.05) is 6.07 Å². The molecule has 0 saturated heterocycles. The molecule has 0 saturated carbocycles. The summed E-state index contributed by atoms with van der Waals surface area (Å²) in [4.78, 5) is 0. The monoisotopic (exact) mass is 307 g/mol. The van der Waals surface area contributed by atoms with E-state index >= 15 is 0 Å². The molecule has 0 aliphatic heterocycles. The summed E-state index contributed by atoms with van der Waals surface area (Å²) in [5, 5.41) is 3.22. The second-order valence-electron chi connectivity index (χ2n) is 5.94. The van der Waals surface area contributed by atoms with E-state index < -0.39 is 18.4 Å². The minimum Gasteiger partial charge on any atom is -0.491 e. The summed E-state index contributed by atoms with van der Waals surface area (Å²) in [6.07, 6.45) is -5.32. The average molecular weight is 307 g/mol. The van der Waals surface area contributed by atoms with Gasteiger partial charge in [0.05, 0.1) is 6.61 Å². The SMILES string of the molecule is CC(C)(C)NCc1ccc(OCCCC(F)(F)F)c(F)c1. The van der Waals surface area contributed by atoms with Crippen LogP contribution in [0.3, 0.4) is 0 Å². The summed E-state index contributed by atoms with van der Waals surface area (Å²) in [5.41, 5.74) is 0.675. The molecule has 1 aromatic rings. The highest BCUT2D eigenvalue weighted by Crippen LogP contribution is 2.23. The zero-order valence-corrected chi connectivity index (χ0v) is 12.5. The molecule has 2 nitrogen and oxygen atoms in total. The summed E-state index contributed by atoms with van der Waals surface area (Å²) >= 11 is 0. The predicted molar refractivity (Wildman–Crippen MR) is 73.8 cm³/mol. The van der Waals surface area contributed by atoms with Gasteiger partial charge in [-0.15, -0.1) is 0 Å². The van der Waals surface area contributed by atoms with E-state index in [0.717, 1.165) is 5.56 Å². The van der Waals surface area contributed by atoms with Gasteiger partial charge in [0.25, 0.3) is 0 Å². The van der Waals surface area contributed by atoms with E-state index in [9.17, 15) is 17.6 Å². The third-order valence-corrected chi connectivity index (χ3v) is 2.68. The van der Waals surface area contributed by atoms with Gasteiger partial charge in [0, 0.05) is 18.5 Å². The first-order valence-corrected chi connectivity index (χ1v) is 6.80. The number of nitrogens with one attached hydrogen (secondary N) is 1. The van der Waals surface area contributed by atoms with Crippen molar-refractivity contribution in [3.8, 4) is 5.75 Å². The molecule has 1 rings (SSSR count). The molecule has 0 amide bonds. The van der Waals surface area contributed by atoms with Crippen LogP contribution in [-0.4, -0.2) is 18.3 Å². The van der Waals surface area contributed by atoms with Crippen molar-refractivity contribution in [2.45, 2.75) is 51.9 Å². The van der Waals surface area contributed by atoms with Gasteiger partial charge in [-0.2, -0.15) is 13.2 Å². The van der Waals surface area contributed by atoms with Crippen LogP contribution < -0.4 is 10.1 Å². The number of ether oxygens (including phenoxy) is 1. The van der Waals surface area contributed by atoms with Gasteiger partial charge >= 0.3 is 6.18 Å². The fourth-order valence-corrected chi connectivity index (χ4v) is 1.59. The number of hydrogen-bond donors (Lipinski definition) is 1. The van der Waals surface area contributed by atoms with E-state index in [2.05, 4.69) is 5.32 Å². The van der Waals surface area contributed by atoms with Crippen LogP contribution in [-0.2, 0) is 6.54 Å². The number of alkyl halides is 3. The van der Waals surface area contributed by atoms with E-state index in [-0.39, 0.29) is 24.3 Å². The van der Waals surface area contributed by atoms with Crippen molar-refractivity contribution >= 4 is 0 Å². The Bertz CT molecular complexity index is 452. The molecule has 0 bridgehead atoms. The summed E-state index contributed by atoms with van der Waals surface area (Å²) < 4.78 is 54.7. The average Bonchev–Trinajstić information content (AvgIpc) is 2.32. The molecule has 0 aliphatic carbocycles. The van der Waals surface area contributed by atoms with Crippen LogP contribution in [0.2, 0.25) is 0 Å². The first kappa shape index (κ1) is 17.8. The fourth-order valence-electron chi connectivity index (χ4n) is 1.59. The third kappa shape index (κ3) is 7.90. The van der Waals surface area contributed by atoms with Gasteiger partial charge in [0.2, 0.25) is 0 Å². The minimum absolute atomic E-state index is 0.0170. The second kappa shape index (κ2) is 7.11. The molecule has 1 aromatic carbocycles. The maximum absolute atomic E-state index is 13.8. The molecule has 120 valence electrons. The lowest BCUT2D eigenvalue weighted by Gasteiger charge is -2.20. The normalized spacial score (nSPS) is 12.5. The van der Waals surface area contributed by atoms with Crippen LogP contribution in [0.25, 0.3) is 0 Å². The summed E-state index contributed by atoms with van der Waals surface area (Å²) in [6, 6.07) is 4.47. The molecule has 0 atom stereocenters. The second-order valence-corrected chi connectivity index (χ2v) is 5.94. The standard InChI is InChI=1S/C15H21F4NO/c1-14(2,3)20-10-11-5-6-13(12(16)9-11)21-8-4-7-15(17,18)19/h5-6,9,20H,4,7-8,10H2,1-3H3. The molecule has 0 radical (unpaired) electrons. The Hall–Kier alpha value is -1.30. The van der Waals surface area contributed by atoms with Crippen molar-refractivity contribution in [3.05, 3.63) is 29.6 Å². The lowest BCUT2D eigenvalue weighted by atomic mass is 10.1. The Morgan fingerprint density at radius 3 is 2.33 bits per heavy atom. The molecule has 0 fully saturated rings. The number of halogens is 4. The van der Waals surface area contributed by atoms with E-state index in [0.29, 0.717) is 6.54 Å². The van der Waals surface area contributed by atoms with E-state index in [1.165, 1.54) is 12.1 Å². The van der Waals surface area contributed by atoms with Gasteiger partial charge in [-0.25, -0.2) is 4.39 Å². The first-order chi connectivity index (χ1) is 9.57. The Kier molecular flexibility index (Phi) is 6.01. The molecular formula is C15H21F4NO. The van der Waals surface area contributed by atoms with E-state index in [1.54, 1.807) is 6.07 Å². The van der Waals surface area contributed by atoms with Gasteiger partial charge in [0.1, 0.15) is 0 Å². The zero-order valence-electron chi connectivity index (χ0n) is 12.5. The molecule has 21 heavy (non-hydrogen) atoms. The Balaban J connectivity index is 2.47. The molecule has 0 aliphatic rings. The van der Waals surface area contributed by atoms with Gasteiger partial charge in [-0.3, -0.25) is 0 Å². The van der Waals surface area contributed by atoms with Crippen molar-refractivity contribution in [1.29, 1.82) is 0 Å². The summed E-state index contributed by atoms with van der Waals surface area (Å²) in [5.74, 6) is -0.577.